The Hall–Kier alpha value is -4.19. The molecule has 4 aromatic rings. The van der Waals surface area contributed by atoms with E-state index in [-0.39, 0.29) is 19.8 Å². The molecule has 1 aliphatic rings. The van der Waals surface area contributed by atoms with Gasteiger partial charge < -0.3 is 28.1 Å². The zero-order chi connectivity index (χ0) is 31.1. The van der Waals surface area contributed by atoms with E-state index in [0.717, 1.165) is 16.7 Å². The molecule has 11 nitrogen and oxygen atoms in total. The van der Waals surface area contributed by atoms with Crippen LogP contribution in [0.5, 0.6) is 5.75 Å². The Morgan fingerprint density at radius 2 is 1.61 bits per heavy atom. The third-order valence-electron chi connectivity index (χ3n) is 7.14. The molecule has 5 rings (SSSR count). The lowest BCUT2D eigenvalue weighted by Crippen LogP contribution is -2.61. The van der Waals surface area contributed by atoms with Gasteiger partial charge in [0.05, 0.1) is 13.2 Å². The molecule has 0 spiro atoms. The molecule has 1 saturated heterocycles. The van der Waals surface area contributed by atoms with E-state index in [1.165, 1.54) is 6.92 Å². The first kappa shape index (κ1) is 31.2. The van der Waals surface area contributed by atoms with Crippen LogP contribution < -0.4 is 10.4 Å². The zero-order valence-corrected chi connectivity index (χ0v) is 25.6. The summed E-state index contributed by atoms with van der Waals surface area (Å²) in [6, 6.07) is 23.0. The summed E-state index contributed by atoms with van der Waals surface area (Å²) in [5, 5.41) is 4.74. The van der Waals surface area contributed by atoms with Crippen molar-refractivity contribution in [1.82, 2.24) is 0 Å². The van der Waals surface area contributed by atoms with Gasteiger partial charge in [0.1, 0.15) is 46.8 Å². The van der Waals surface area contributed by atoms with E-state index in [2.05, 4.69) is 26.0 Å². The minimum absolute atomic E-state index is 0.164. The van der Waals surface area contributed by atoms with Crippen LogP contribution in [0.25, 0.3) is 21.4 Å². The number of azide groups is 1. The summed E-state index contributed by atoms with van der Waals surface area (Å²) in [7, 11) is 0. The van der Waals surface area contributed by atoms with E-state index >= 15 is 0 Å². The van der Waals surface area contributed by atoms with Crippen LogP contribution in [0.2, 0.25) is 0 Å². The topological polar surface area (TPSA) is 142 Å². The SMILES string of the molecule is CC(=O)OC[C@H]1OC(Oc2ccc3c(C)c(Br)c(=O)oc3c2)[C@H](N=[N+]=[N-])[C@@H](OCc2ccccc2)[C@@H]1OCc1ccccc1. The molecule has 1 aromatic heterocycles. The molecule has 5 atom stereocenters. The summed E-state index contributed by atoms with van der Waals surface area (Å²) >= 11 is 3.26. The fourth-order valence-corrected chi connectivity index (χ4v) is 5.25. The van der Waals surface area contributed by atoms with Crippen molar-refractivity contribution in [1.29, 1.82) is 0 Å². The van der Waals surface area contributed by atoms with Crippen molar-refractivity contribution in [3.05, 3.63) is 121 Å². The normalized spacial score (nSPS) is 21.4. The second-order valence-electron chi connectivity index (χ2n) is 10.2. The third kappa shape index (κ3) is 7.47. The summed E-state index contributed by atoms with van der Waals surface area (Å²) in [6.07, 6.45) is -3.71. The molecule has 2 heterocycles. The lowest BCUT2D eigenvalue weighted by Gasteiger charge is -2.44. The van der Waals surface area contributed by atoms with E-state index in [4.69, 9.17) is 28.1 Å². The largest absolute Gasteiger partial charge is 0.464 e. The summed E-state index contributed by atoms with van der Waals surface area (Å²) in [4.78, 5) is 27.2. The predicted octanol–water partition coefficient (Wildman–Crippen LogP) is 6.38. The number of carbonyl (C=O) groups excluding carboxylic acids is 1. The van der Waals surface area contributed by atoms with Gasteiger partial charge in [0.25, 0.3) is 0 Å². The number of fused-ring (bicyclic) bond motifs is 1. The predicted molar refractivity (Wildman–Crippen MR) is 164 cm³/mol. The van der Waals surface area contributed by atoms with Crippen LogP contribution in [0, 0.1) is 6.92 Å². The van der Waals surface area contributed by atoms with Crippen LogP contribution in [0.4, 0.5) is 0 Å². The Morgan fingerprint density at radius 1 is 0.977 bits per heavy atom. The Labute approximate surface area is 261 Å². The van der Waals surface area contributed by atoms with E-state index in [9.17, 15) is 15.1 Å². The van der Waals surface area contributed by atoms with Gasteiger partial charge in [0.15, 0.2) is 0 Å². The average molecular weight is 665 g/mol. The van der Waals surface area contributed by atoms with E-state index in [1.807, 2.05) is 60.7 Å². The number of rotatable bonds is 11. The number of hydrogen-bond donors (Lipinski definition) is 0. The first-order valence-electron chi connectivity index (χ1n) is 13.9. The lowest BCUT2D eigenvalue weighted by molar-refractivity contribution is -0.264. The number of carbonyl (C=O) groups is 1. The first-order valence-corrected chi connectivity index (χ1v) is 14.7. The molecular formula is C32H30BrN3O8. The Balaban J connectivity index is 1.50. The van der Waals surface area contributed by atoms with Gasteiger partial charge in [0, 0.05) is 23.3 Å². The van der Waals surface area contributed by atoms with E-state index < -0.39 is 42.2 Å². The molecule has 1 unspecified atom stereocenters. The molecular weight excluding hydrogens is 634 g/mol. The number of hydrogen-bond acceptors (Lipinski definition) is 9. The van der Waals surface area contributed by atoms with E-state index in [0.29, 0.717) is 21.2 Å². The number of aryl methyl sites for hydroxylation is 1. The maximum Gasteiger partial charge on any atom is 0.350 e. The molecule has 0 N–H and O–H groups in total. The number of ether oxygens (including phenoxy) is 5. The summed E-state index contributed by atoms with van der Waals surface area (Å²) < 4.78 is 36.4. The second-order valence-corrected chi connectivity index (χ2v) is 11.0. The number of halogens is 1. The van der Waals surface area contributed by atoms with Crippen molar-refractivity contribution < 1.29 is 32.9 Å². The van der Waals surface area contributed by atoms with Crippen molar-refractivity contribution in [2.45, 2.75) is 57.7 Å². The van der Waals surface area contributed by atoms with Crippen LogP contribution in [-0.4, -0.2) is 43.2 Å². The second kappa shape index (κ2) is 14.5. The van der Waals surface area contributed by atoms with Gasteiger partial charge >= 0.3 is 11.6 Å². The monoisotopic (exact) mass is 663 g/mol. The summed E-state index contributed by atoms with van der Waals surface area (Å²) in [5.74, 6) is -0.208. The van der Waals surface area contributed by atoms with Gasteiger partial charge in [-0.2, -0.15) is 0 Å². The fraction of sp³-hybridized carbons (Fsp3) is 0.312. The van der Waals surface area contributed by atoms with Crippen molar-refractivity contribution in [3.8, 4) is 5.75 Å². The van der Waals surface area contributed by atoms with Crippen LogP contribution in [0.3, 0.4) is 0 Å². The number of esters is 1. The maximum atomic E-state index is 12.3. The van der Waals surface area contributed by atoms with Gasteiger partial charge in [-0.15, -0.1) is 0 Å². The third-order valence-corrected chi connectivity index (χ3v) is 8.06. The Morgan fingerprint density at radius 3 is 2.23 bits per heavy atom. The Kier molecular flexibility index (Phi) is 10.3. The summed E-state index contributed by atoms with van der Waals surface area (Å²) in [6.45, 7) is 3.31. The van der Waals surface area contributed by atoms with Crippen LogP contribution in [0.1, 0.15) is 23.6 Å². The zero-order valence-electron chi connectivity index (χ0n) is 24.0. The highest BCUT2D eigenvalue weighted by molar-refractivity contribution is 9.10. The highest BCUT2D eigenvalue weighted by Crippen LogP contribution is 2.33. The standard InChI is InChI=1S/C32H30BrN3O8/c1-19-24-14-13-23(15-25(24)43-31(38)27(19)33)42-32-28(35-36-34)30(41-17-22-11-7-4-8-12-22)29(26(44-32)18-39-20(2)37)40-16-21-9-5-3-6-10-21/h3-15,26,28-30,32H,16-18H2,1-2H3/t26-,28-,29-,30-,32?/m1/s1. The van der Waals surface area contributed by atoms with Crippen LogP contribution in [0.15, 0.2) is 97.7 Å². The number of benzene rings is 3. The van der Waals surface area contributed by atoms with Gasteiger partial charge in [0.2, 0.25) is 6.29 Å². The van der Waals surface area contributed by atoms with Gasteiger partial charge in [-0.1, -0.05) is 65.8 Å². The van der Waals surface area contributed by atoms with Gasteiger partial charge in [-0.25, -0.2) is 4.79 Å². The van der Waals surface area contributed by atoms with Crippen molar-refractivity contribution in [3.63, 3.8) is 0 Å². The Bertz CT molecular complexity index is 1690. The molecule has 0 radical (unpaired) electrons. The van der Waals surface area contributed by atoms with Gasteiger partial charge in [-0.05, 0) is 57.2 Å². The molecule has 44 heavy (non-hydrogen) atoms. The average Bonchev–Trinajstić information content (AvgIpc) is 3.03. The van der Waals surface area contributed by atoms with Crippen LogP contribution in [-0.2, 0) is 37.0 Å². The quantitative estimate of drug-likeness (QED) is 0.0591. The molecule has 12 heteroatoms. The van der Waals surface area contributed by atoms with E-state index in [1.54, 1.807) is 25.1 Å². The first-order chi connectivity index (χ1) is 21.3. The van der Waals surface area contributed by atoms with Crippen molar-refractivity contribution in [2.75, 3.05) is 6.61 Å². The smallest absolute Gasteiger partial charge is 0.350 e. The molecule has 0 aliphatic carbocycles. The minimum atomic E-state index is -1.18. The molecule has 1 fully saturated rings. The molecule has 3 aromatic carbocycles. The highest BCUT2D eigenvalue weighted by atomic mass is 79.9. The number of nitrogens with zero attached hydrogens (tertiary/aromatic N) is 3. The molecule has 0 bridgehead atoms. The highest BCUT2D eigenvalue weighted by Gasteiger charge is 2.49. The van der Waals surface area contributed by atoms with Crippen molar-refractivity contribution in [2.24, 2.45) is 5.11 Å². The van der Waals surface area contributed by atoms with Crippen LogP contribution >= 0.6 is 15.9 Å². The minimum Gasteiger partial charge on any atom is -0.464 e. The molecule has 0 saturated carbocycles. The molecule has 228 valence electrons. The maximum absolute atomic E-state index is 12.3. The lowest BCUT2D eigenvalue weighted by atomic mass is 9.96. The molecule has 0 amide bonds. The summed E-state index contributed by atoms with van der Waals surface area (Å²) in [5.41, 5.74) is 11.9. The van der Waals surface area contributed by atoms with Crippen molar-refractivity contribution >= 4 is 32.9 Å². The fourth-order valence-electron chi connectivity index (χ4n) is 4.95. The van der Waals surface area contributed by atoms with Gasteiger partial charge in [-0.3, -0.25) is 4.79 Å². The molecule has 1 aliphatic heterocycles.